The van der Waals surface area contributed by atoms with Gasteiger partial charge in [0.2, 0.25) is 5.91 Å². The molecule has 2 saturated heterocycles. The van der Waals surface area contributed by atoms with Crippen molar-refractivity contribution in [2.24, 2.45) is 23.2 Å². The maximum absolute atomic E-state index is 14.9. The lowest BCUT2D eigenvalue weighted by atomic mass is 9.84. The number of morpholine rings is 1. The molecular weight excluding hydrogens is 791 g/mol. The van der Waals surface area contributed by atoms with Crippen LogP contribution in [0.3, 0.4) is 0 Å². The van der Waals surface area contributed by atoms with E-state index in [2.05, 4.69) is 84.5 Å². The number of nitrogens with zero attached hydrogens (tertiary/aromatic N) is 5. The van der Waals surface area contributed by atoms with Gasteiger partial charge in [0.25, 0.3) is 5.91 Å². The summed E-state index contributed by atoms with van der Waals surface area (Å²) in [4.78, 5) is 55.5. The monoisotopic (exact) mass is 853 g/mol. The molecule has 2 amide bonds. The number of ether oxygens (including phenoxy) is 3. The Labute approximate surface area is 363 Å². The van der Waals surface area contributed by atoms with Gasteiger partial charge in [0.05, 0.1) is 48.0 Å². The molecule has 8 rings (SSSR count). The molecule has 1 aliphatic carbocycles. The molecule has 328 valence electrons. The normalized spacial score (nSPS) is 26.4. The summed E-state index contributed by atoms with van der Waals surface area (Å²) in [6.07, 6.45) is 4.82. The van der Waals surface area contributed by atoms with Crippen LogP contribution in [0.25, 0.3) is 33.4 Å². The van der Waals surface area contributed by atoms with Gasteiger partial charge in [0, 0.05) is 84.1 Å². The number of amides is 2. The summed E-state index contributed by atoms with van der Waals surface area (Å²) in [6.45, 7) is 18.0. The molecule has 1 saturated carbocycles. The van der Waals surface area contributed by atoms with E-state index in [4.69, 9.17) is 24.2 Å². The molecule has 0 radical (unpaired) electrons. The van der Waals surface area contributed by atoms with Gasteiger partial charge >= 0.3 is 5.97 Å². The SMILES string of the molecule is CCn1c(-c2cccnc2[C@H](C)OC)c2c3cc(ccc31)-c1csc(n1)[C@@H](CCCN1CCOCC1)[C@H](NC(=O)C1[C@@H](C)[C@H]1C)C(=O)N1CCC[C@H](N1)C(=O)OCC(C)(C)C2. The van der Waals surface area contributed by atoms with E-state index in [1.54, 1.807) is 23.5 Å². The molecule has 6 heterocycles. The zero-order chi connectivity index (χ0) is 43.0. The number of cyclic esters (lactones) is 1. The lowest BCUT2D eigenvalue weighted by Gasteiger charge is -2.37. The standard InChI is InChI=1S/C47H63N7O6S/c1-8-53-38-16-15-31-24-34(38)35(42(53)32-12-9-17-48-40(32)30(4)58-7)25-47(5,6)27-60-46(57)36-14-11-19-54(51-36)45(56)41(50-43(55)39-28(2)29(39)3)33(44-49-37(31)26-61-44)13-10-18-52-20-22-59-23-21-52/h9,12,15-17,24,26,28-30,33,36,39,41,51H,8,10-11,13-14,18-23,25,27H2,1-7H3,(H,50,55)/t28-,29+,30-,33-,36-,39?,41-/m0/s1. The number of carbonyl (C=O) groups is 3. The molecule has 3 aromatic heterocycles. The van der Waals surface area contributed by atoms with Crippen molar-refractivity contribution in [2.45, 2.75) is 104 Å². The third-order valence-electron chi connectivity index (χ3n) is 13.6. The highest BCUT2D eigenvalue weighted by atomic mass is 32.1. The van der Waals surface area contributed by atoms with Crippen molar-refractivity contribution in [3.05, 3.63) is 58.2 Å². The smallest absolute Gasteiger partial charge is 0.324 e. The average molecular weight is 854 g/mol. The van der Waals surface area contributed by atoms with Crippen LogP contribution in [0.4, 0.5) is 0 Å². The highest BCUT2D eigenvalue weighted by Crippen LogP contribution is 2.46. The van der Waals surface area contributed by atoms with E-state index < -0.39 is 23.4 Å². The maximum atomic E-state index is 14.9. The fourth-order valence-electron chi connectivity index (χ4n) is 9.74. The van der Waals surface area contributed by atoms with Crippen molar-refractivity contribution in [3.8, 4) is 22.5 Å². The van der Waals surface area contributed by atoms with Crippen LogP contribution in [0.15, 0.2) is 41.9 Å². The van der Waals surface area contributed by atoms with E-state index in [-0.39, 0.29) is 48.2 Å². The number of fused-ring (bicyclic) bond motifs is 6. The maximum Gasteiger partial charge on any atom is 0.324 e. The fourth-order valence-corrected chi connectivity index (χ4v) is 10.7. The van der Waals surface area contributed by atoms with Crippen molar-refractivity contribution in [1.29, 1.82) is 0 Å². The van der Waals surface area contributed by atoms with Crippen LogP contribution in [0.1, 0.15) is 95.5 Å². The number of hydrogen-bond acceptors (Lipinski definition) is 11. The summed E-state index contributed by atoms with van der Waals surface area (Å²) < 4.78 is 20.0. The Morgan fingerprint density at radius 3 is 2.66 bits per heavy atom. The Kier molecular flexibility index (Phi) is 13.0. The second-order valence-corrected chi connectivity index (χ2v) is 19.3. The summed E-state index contributed by atoms with van der Waals surface area (Å²) in [5, 5.41) is 8.83. The van der Waals surface area contributed by atoms with Gasteiger partial charge < -0.3 is 24.1 Å². The molecule has 14 heteroatoms. The largest absolute Gasteiger partial charge is 0.464 e. The number of pyridine rings is 1. The first kappa shape index (κ1) is 43.4. The van der Waals surface area contributed by atoms with Crippen molar-refractivity contribution < 1.29 is 28.6 Å². The Hall–Kier alpha value is -4.21. The quantitative estimate of drug-likeness (QED) is 0.165. The minimum atomic E-state index is -0.880. The average Bonchev–Trinajstić information content (AvgIpc) is 3.54. The highest BCUT2D eigenvalue weighted by Gasteiger charge is 2.50. The van der Waals surface area contributed by atoms with Gasteiger partial charge in [0.15, 0.2) is 0 Å². The molecule has 3 aliphatic heterocycles. The number of aromatic nitrogens is 3. The summed E-state index contributed by atoms with van der Waals surface area (Å²) >= 11 is 1.55. The van der Waals surface area contributed by atoms with Crippen LogP contribution in [-0.2, 0) is 41.6 Å². The molecular formula is C47H63N7O6S. The van der Waals surface area contributed by atoms with Crippen LogP contribution in [0, 0.1) is 23.2 Å². The number of esters is 1. The third-order valence-corrected chi connectivity index (χ3v) is 14.6. The van der Waals surface area contributed by atoms with Crippen molar-refractivity contribution in [2.75, 3.05) is 53.1 Å². The van der Waals surface area contributed by atoms with Gasteiger partial charge in [0.1, 0.15) is 12.1 Å². The second-order valence-electron chi connectivity index (χ2n) is 18.4. The Balaban J connectivity index is 1.26. The molecule has 6 bridgehead atoms. The van der Waals surface area contributed by atoms with Gasteiger partial charge in [-0.3, -0.25) is 29.3 Å². The van der Waals surface area contributed by atoms with Crippen LogP contribution < -0.4 is 10.7 Å². The molecule has 13 nitrogen and oxygen atoms in total. The predicted molar refractivity (Wildman–Crippen MR) is 237 cm³/mol. The number of methoxy groups -OCH3 is 1. The van der Waals surface area contributed by atoms with Crippen LogP contribution >= 0.6 is 11.3 Å². The first-order valence-corrected chi connectivity index (χ1v) is 23.2. The van der Waals surface area contributed by atoms with E-state index in [0.717, 1.165) is 82.3 Å². The lowest BCUT2D eigenvalue weighted by Crippen LogP contribution is -2.61. The van der Waals surface area contributed by atoms with Gasteiger partial charge in [-0.1, -0.05) is 33.8 Å². The number of rotatable bonds is 10. The van der Waals surface area contributed by atoms with E-state index in [0.29, 0.717) is 45.4 Å². The van der Waals surface area contributed by atoms with Crippen LogP contribution in [0.2, 0.25) is 0 Å². The molecule has 2 N–H and O–H groups in total. The Morgan fingerprint density at radius 1 is 1.13 bits per heavy atom. The zero-order valence-corrected chi connectivity index (χ0v) is 37.7. The molecule has 4 aliphatic rings. The number of nitrogens with one attached hydrogen (secondary N) is 2. The van der Waals surface area contributed by atoms with E-state index in [1.807, 2.05) is 19.2 Å². The minimum Gasteiger partial charge on any atom is -0.464 e. The minimum absolute atomic E-state index is 0.100. The topological polar surface area (TPSA) is 140 Å². The number of benzene rings is 1. The fraction of sp³-hybridized carbons (Fsp3) is 0.596. The zero-order valence-electron chi connectivity index (χ0n) is 36.9. The summed E-state index contributed by atoms with van der Waals surface area (Å²) in [7, 11) is 1.71. The van der Waals surface area contributed by atoms with Crippen molar-refractivity contribution in [3.63, 3.8) is 0 Å². The molecule has 7 atom stereocenters. The molecule has 1 unspecified atom stereocenters. The molecule has 4 aromatic rings. The van der Waals surface area contributed by atoms with Crippen molar-refractivity contribution >= 4 is 40.0 Å². The number of hydrogen-bond donors (Lipinski definition) is 2. The van der Waals surface area contributed by atoms with Crippen LogP contribution in [-0.4, -0.2) is 107 Å². The molecule has 0 spiro atoms. The second kappa shape index (κ2) is 18.3. The molecule has 3 fully saturated rings. The van der Waals surface area contributed by atoms with E-state index in [9.17, 15) is 14.4 Å². The first-order valence-electron chi connectivity index (χ1n) is 22.3. The molecule has 1 aromatic carbocycles. The Morgan fingerprint density at radius 2 is 1.92 bits per heavy atom. The third kappa shape index (κ3) is 9.02. The van der Waals surface area contributed by atoms with E-state index in [1.165, 1.54) is 0 Å². The van der Waals surface area contributed by atoms with Gasteiger partial charge in [-0.25, -0.2) is 10.4 Å². The Bertz CT molecular complexity index is 2220. The number of hydrazine groups is 1. The number of aryl methyl sites for hydroxylation is 1. The van der Waals surface area contributed by atoms with Crippen molar-refractivity contribution in [1.82, 2.24) is 35.2 Å². The van der Waals surface area contributed by atoms with Crippen LogP contribution in [0.5, 0.6) is 0 Å². The van der Waals surface area contributed by atoms with Gasteiger partial charge in [-0.05, 0) is 94.2 Å². The lowest BCUT2D eigenvalue weighted by molar-refractivity contribution is -0.155. The predicted octanol–water partition coefficient (Wildman–Crippen LogP) is 6.76. The summed E-state index contributed by atoms with van der Waals surface area (Å²) in [5.41, 5.74) is 9.79. The first-order chi connectivity index (χ1) is 29.4. The summed E-state index contributed by atoms with van der Waals surface area (Å²) in [5.74, 6) is -0.797. The van der Waals surface area contributed by atoms with Gasteiger partial charge in [-0.2, -0.15) is 0 Å². The summed E-state index contributed by atoms with van der Waals surface area (Å²) in [6, 6.07) is 9.09. The highest BCUT2D eigenvalue weighted by molar-refractivity contribution is 7.10. The van der Waals surface area contributed by atoms with E-state index >= 15 is 0 Å². The van der Waals surface area contributed by atoms with Gasteiger partial charge in [-0.15, -0.1) is 11.3 Å². The number of carbonyl (C=O) groups excluding carboxylic acids is 3. The number of thiazole rings is 1. The molecule has 61 heavy (non-hydrogen) atoms.